The van der Waals surface area contributed by atoms with Crippen LogP contribution in [0.1, 0.15) is 48.9 Å². The van der Waals surface area contributed by atoms with Gasteiger partial charge in [0, 0.05) is 17.1 Å². The van der Waals surface area contributed by atoms with E-state index >= 15 is 0 Å². The predicted molar refractivity (Wildman–Crippen MR) is 78.7 cm³/mol. The zero-order valence-corrected chi connectivity index (χ0v) is 11.5. The number of rotatable bonds is 2. The first-order valence-electron chi connectivity index (χ1n) is 7.32. The molecular formula is C17H19NO2. The molecule has 0 amide bonds. The number of fused-ring (bicyclic) bond motifs is 1. The maximum Gasteiger partial charge on any atom is 0.195 e. The van der Waals surface area contributed by atoms with Gasteiger partial charge in [-0.05, 0) is 25.0 Å². The second-order valence-corrected chi connectivity index (χ2v) is 5.65. The Kier molecular flexibility index (Phi) is 3.53. The average Bonchev–Trinajstić information content (AvgIpc) is 2.72. The van der Waals surface area contributed by atoms with Gasteiger partial charge in [-0.3, -0.25) is 9.78 Å². The van der Waals surface area contributed by atoms with Crippen LogP contribution in [-0.2, 0) is 0 Å². The van der Waals surface area contributed by atoms with E-state index in [4.69, 9.17) is 0 Å². The fourth-order valence-corrected chi connectivity index (χ4v) is 3.09. The molecule has 0 aliphatic heterocycles. The second kappa shape index (κ2) is 5.33. The van der Waals surface area contributed by atoms with Gasteiger partial charge in [0.25, 0.3) is 0 Å². The van der Waals surface area contributed by atoms with Crippen LogP contribution in [0.3, 0.4) is 0 Å². The topological polar surface area (TPSA) is 50.2 Å². The Morgan fingerprint density at radius 2 is 1.80 bits per heavy atom. The molecule has 1 aromatic carbocycles. The van der Waals surface area contributed by atoms with Crippen LogP contribution in [0.2, 0.25) is 0 Å². The van der Waals surface area contributed by atoms with Gasteiger partial charge in [-0.1, -0.05) is 43.9 Å². The summed E-state index contributed by atoms with van der Waals surface area (Å²) < 4.78 is 0. The SMILES string of the molecule is O=C(c1cccc2ncccc12)C1(O)CCCCCC1. The lowest BCUT2D eigenvalue weighted by atomic mass is 9.85. The maximum atomic E-state index is 12.8. The molecule has 0 bridgehead atoms. The van der Waals surface area contributed by atoms with E-state index in [0.29, 0.717) is 18.4 Å². The van der Waals surface area contributed by atoms with Crippen LogP contribution in [0.5, 0.6) is 0 Å². The molecule has 20 heavy (non-hydrogen) atoms. The number of carbonyl (C=O) groups excluding carboxylic acids is 1. The van der Waals surface area contributed by atoms with E-state index in [9.17, 15) is 9.90 Å². The zero-order chi connectivity index (χ0) is 14.0. The van der Waals surface area contributed by atoms with Crippen molar-refractivity contribution in [3.8, 4) is 0 Å². The van der Waals surface area contributed by atoms with Crippen molar-refractivity contribution in [3.63, 3.8) is 0 Å². The number of aliphatic hydroxyl groups is 1. The number of Topliss-reactive ketones (excluding diaryl/α,β-unsaturated/α-hetero) is 1. The molecule has 2 aromatic rings. The van der Waals surface area contributed by atoms with Crippen LogP contribution in [0.25, 0.3) is 10.9 Å². The third kappa shape index (κ3) is 2.34. The Hall–Kier alpha value is -1.74. The Morgan fingerprint density at radius 3 is 2.55 bits per heavy atom. The zero-order valence-electron chi connectivity index (χ0n) is 11.5. The van der Waals surface area contributed by atoms with Crippen LogP contribution in [0.4, 0.5) is 0 Å². The van der Waals surface area contributed by atoms with Crippen molar-refractivity contribution in [2.75, 3.05) is 0 Å². The normalized spacial score (nSPS) is 18.6. The number of ketones is 1. The largest absolute Gasteiger partial charge is 0.382 e. The Balaban J connectivity index is 2.03. The molecule has 0 radical (unpaired) electrons. The van der Waals surface area contributed by atoms with E-state index in [0.717, 1.165) is 36.6 Å². The summed E-state index contributed by atoms with van der Waals surface area (Å²) in [4.78, 5) is 17.1. The summed E-state index contributed by atoms with van der Waals surface area (Å²) in [5, 5.41) is 11.6. The number of nitrogens with zero attached hydrogens (tertiary/aromatic N) is 1. The number of hydrogen-bond donors (Lipinski definition) is 1. The Labute approximate surface area is 118 Å². The second-order valence-electron chi connectivity index (χ2n) is 5.65. The lowest BCUT2D eigenvalue weighted by Crippen LogP contribution is -2.38. The molecule has 1 saturated carbocycles. The van der Waals surface area contributed by atoms with Crippen LogP contribution in [-0.4, -0.2) is 21.5 Å². The summed E-state index contributed by atoms with van der Waals surface area (Å²) in [6.45, 7) is 0. The van der Waals surface area contributed by atoms with E-state index in [2.05, 4.69) is 4.98 Å². The van der Waals surface area contributed by atoms with Crippen molar-refractivity contribution in [1.82, 2.24) is 4.98 Å². The number of pyridine rings is 1. The molecule has 1 aliphatic rings. The van der Waals surface area contributed by atoms with Crippen molar-refractivity contribution < 1.29 is 9.90 Å². The van der Waals surface area contributed by atoms with Crippen LogP contribution >= 0.6 is 0 Å². The number of carbonyl (C=O) groups is 1. The fraction of sp³-hybridized carbons (Fsp3) is 0.412. The standard InChI is InChI=1S/C17H19NO2/c19-16(17(20)10-3-1-2-4-11-17)14-7-5-9-15-13(14)8-6-12-18-15/h5-9,12,20H,1-4,10-11H2. The summed E-state index contributed by atoms with van der Waals surface area (Å²) >= 11 is 0. The van der Waals surface area contributed by atoms with Gasteiger partial charge in [0.15, 0.2) is 5.78 Å². The van der Waals surface area contributed by atoms with E-state index in [-0.39, 0.29) is 5.78 Å². The first kappa shape index (κ1) is 13.3. The van der Waals surface area contributed by atoms with Crippen LogP contribution in [0.15, 0.2) is 36.5 Å². The van der Waals surface area contributed by atoms with Gasteiger partial charge in [-0.25, -0.2) is 0 Å². The Morgan fingerprint density at radius 1 is 1.05 bits per heavy atom. The smallest absolute Gasteiger partial charge is 0.195 e. The molecule has 3 heteroatoms. The number of aromatic nitrogens is 1. The van der Waals surface area contributed by atoms with Crippen LogP contribution < -0.4 is 0 Å². The van der Waals surface area contributed by atoms with Gasteiger partial charge < -0.3 is 5.11 Å². The summed E-state index contributed by atoms with van der Waals surface area (Å²) in [5.74, 6) is -0.141. The molecule has 0 spiro atoms. The van der Waals surface area contributed by atoms with E-state index in [1.165, 1.54) is 0 Å². The molecule has 0 unspecified atom stereocenters. The highest BCUT2D eigenvalue weighted by Gasteiger charge is 2.37. The van der Waals surface area contributed by atoms with Gasteiger partial charge in [-0.2, -0.15) is 0 Å². The minimum atomic E-state index is -1.19. The average molecular weight is 269 g/mol. The van der Waals surface area contributed by atoms with Gasteiger partial charge in [0.2, 0.25) is 0 Å². The molecule has 1 aromatic heterocycles. The summed E-state index contributed by atoms with van der Waals surface area (Å²) in [6, 6.07) is 9.26. The van der Waals surface area contributed by atoms with Crippen molar-refractivity contribution in [3.05, 3.63) is 42.1 Å². The third-order valence-electron chi connectivity index (χ3n) is 4.24. The molecule has 0 saturated heterocycles. The summed E-state index contributed by atoms with van der Waals surface area (Å²) in [6.07, 6.45) is 6.91. The molecule has 3 rings (SSSR count). The van der Waals surface area contributed by atoms with Crippen molar-refractivity contribution in [2.24, 2.45) is 0 Å². The van der Waals surface area contributed by atoms with E-state index in [1.54, 1.807) is 12.3 Å². The lowest BCUT2D eigenvalue weighted by Gasteiger charge is -2.25. The predicted octanol–water partition coefficient (Wildman–Crippen LogP) is 3.50. The maximum absolute atomic E-state index is 12.8. The van der Waals surface area contributed by atoms with Crippen molar-refractivity contribution in [2.45, 2.75) is 44.1 Å². The first-order valence-corrected chi connectivity index (χ1v) is 7.32. The lowest BCUT2D eigenvalue weighted by molar-refractivity contribution is 0.0240. The number of benzene rings is 1. The van der Waals surface area contributed by atoms with E-state index in [1.807, 2.05) is 24.3 Å². The Bertz CT molecular complexity index is 622. The number of hydrogen-bond acceptors (Lipinski definition) is 3. The monoisotopic (exact) mass is 269 g/mol. The van der Waals surface area contributed by atoms with Gasteiger partial charge in [0.1, 0.15) is 5.60 Å². The molecule has 1 heterocycles. The van der Waals surface area contributed by atoms with Gasteiger partial charge >= 0.3 is 0 Å². The van der Waals surface area contributed by atoms with Crippen molar-refractivity contribution >= 4 is 16.7 Å². The van der Waals surface area contributed by atoms with Crippen LogP contribution in [0, 0.1) is 0 Å². The summed E-state index contributed by atoms with van der Waals surface area (Å²) in [5.41, 5.74) is 0.205. The molecule has 104 valence electrons. The summed E-state index contributed by atoms with van der Waals surface area (Å²) in [7, 11) is 0. The molecule has 3 nitrogen and oxygen atoms in total. The van der Waals surface area contributed by atoms with Crippen molar-refractivity contribution in [1.29, 1.82) is 0 Å². The highest BCUT2D eigenvalue weighted by molar-refractivity contribution is 6.11. The van der Waals surface area contributed by atoms with Gasteiger partial charge in [-0.15, -0.1) is 0 Å². The van der Waals surface area contributed by atoms with E-state index < -0.39 is 5.60 Å². The third-order valence-corrected chi connectivity index (χ3v) is 4.24. The minimum absolute atomic E-state index is 0.141. The first-order chi connectivity index (χ1) is 9.71. The molecule has 1 aliphatic carbocycles. The molecule has 0 atom stereocenters. The molecular weight excluding hydrogens is 250 g/mol. The molecule has 1 fully saturated rings. The fourth-order valence-electron chi connectivity index (χ4n) is 3.09. The quantitative estimate of drug-likeness (QED) is 0.670. The van der Waals surface area contributed by atoms with Gasteiger partial charge in [0.05, 0.1) is 5.52 Å². The molecule has 1 N–H and O–H groups in total. The minimum Gasteiger partial charge on any atom is -0.382 e. The highest BCUT2D eigenvalue weighted by atomic mass is 16.3. The highest BCUT2D eigenvalue weighted by Crippen LogP contribution is 2.32.